The van der Waals surface area contributed by atoms with Crippen molar-refractivity contribution in [3.05, 3.63) is 22.8 Å². The number of anilines is 1. The Morgan fingerprint density at radius 1 is 1.19 bits per heavy atom. The molecule has 0 aliphatic heterocycles. The molecule has 2 rings (SSSR count). The fourth-order valence-electron chi connectivity index (χ4n) is 1.17. The van der Waals surface area contributed by atoms with Crippen molar-refractivity contribution in [2.24, 2.45) is 0 Å². The predicted molar refractivity (Wildman–Crippen MR) is 67.3 cm³/mol. The molecule has 2 heterocycles. The Hall–Kier alpha value is -1.14. The highest BCUT2D eigenvalue weighted by atomic mass is 32.2. The molecule has 0 aliphatic rings. The van der Waals surface area contributed by atoms with Crippen LogP contribution in [-0.4, -0.2) is 22.0 Å². The van der Waals surface area contributed by atoms with Crippen LogP contribution in [0.1, 0.15) is 11.4 Å². The van der Waals surface area contributed by atoms with Crippen LogP contribution in [-0.2, 0) is 0 Å². The molecule has 6 heteroatoms. The van der Waals surface area contributed by atoms with Gasteiger partial charge in [-0.1, -0.05) is 0 Å². The van der Waals surface area contributed by atoms with E-state index in [0.29, 0.717) is 5.95 Å². The van der Waals surface area contributed by atoms with Crippen LogP contribution in [0.4, 0.5) is 5.95 Å². The van der Waals surface area contributed by atoms with Crippen molar-refractivity contribution < 1.29 is 0 Å². The molecule has 2 aromatic heterocycles. The Labute approximate surface area is 103 Å². The monoisotopic (exact) mass is 252 g/mol. The Kier molecular flexibility index (Phi) is 3.40. The molecule has 0 radical (unpaired) electrons. The molecular weight excluding hydrogens is 240 g/mol. The standard InChI is InChI=1S/C10H12N4S2/c1-6-4-8(14-9(11-3)12-6)16-10-13-7(2)5-15-10/h4-5H,1-3H3,(H,11,12,14). The molecule has 0 aliphatic carbocycles. The van der Waals surface area contributed by atoms with Gasteiger partial charge in [0.2, 0.25) is 5.95 Å². The van der Waals surface area contributed by atoms with Crippen molar-refractivity contribution in [3.63, 3.8) is 0 Å². The Bertz CT molecular complexity index is 495. The fraction of sp³-hybridized carbons (Fsp3) is 0.300. The van der Waals surface area contributed by atoms with Gasteiger partial charge in [0.05, 0.1) is 0 Å². The van der Waals surface area contributed by atoms with E-state index >= 15 is 0 Å². The highest BCUT2D eigenvalue weighted by molar-refractivity contribution is 8.01. The number of nitrogens with one attached hydrogen (secondary N) is 1. The minimum atomic E-state index is 0.649. The molecule has 2 aromatic rings. The van der Waals surface area contributed by atoms with Gasteiger partial charge in [0.25, 0.3) is 0 Å². The number of hydrogen-bond donors (Lipinski definition) is 1. The molecule has 0 saturated heterocycles. The van der Waals surface area contributed by atoms with Crippen LogP contribution < -0.4 is 5.32 Å². The molecule has 0 bridgehead atoms. The molecule has 0 saturated carbocycles. The SMILES string of the molecule is CNc1nc(C)cc(Sc2nc(C)cs2)n1. The second-order valence-corrected chi connectivity index (χ2v) is 5.40. The first-order chi connectivity index (χ1) is 7.67. The van der Waals surface area contributed by atoms with Crippen LogP contribution >= 0.6 is 23.1 Å². The normalized spacial score (nSPS) is 10.4. The van der Waals surface area contributed by atoms with Gasteiger partial charge in [0, 0.05) is 23.8 Å². The molecule has 4 nitrogen and oxygen atoms in total. The number of nitrogens with zero attached hydrogens (tertiary/aromatic N) is 3. The lowest BCUT2D eigenvalue weighted by Gasteiger charge is -2.02. The number of thiazole rings is 1. The molecule has 0 fully saturated rings. The topological polar surface area (TPSA) is 50.7 Å². The summed E-state index contributed by atoms with van der Waals surface area (Å²) < 4.78 is 1.01. The lowest BCUT2D eigenvalue weighted by Crippen LogP contribution is -1.98. The van der Waals surface area contributed by atoms with Crippen LogP contribution in [0, 0.1) is 13.8 Å². The van der Waals surface area contributed by atoms with Crippen molar-refractivity contribution in [1.29, 1.82) is 0 Å². The summed E-state index contributed by atoms with van der Waals surface area (Å²) in [6, 6.07) is 1.96. The van der Waals surface area contributed by atoms with E-state index in [9.17, 15) is 0 Å². The molecule has 0 unspecified atom stereocenters. The highest BCUT2D eigenvalue weighted by Crippen LogP contribution is 2.29. The predicted octanol–water partition coefficient (Wildman–Crippen LogP) is 2.74. The zero-order valence-corrected chi connectivity index (χ0v) is 10.9. The summed E-state index contributed by atoms with van der Waals surface area (Å²) in [5, 5.41) is 5.91. The summed E-state index contributed by atoms with van der Waals surface area (Å²) >= 11 is 3.20. The molecular formula is C10H12N4S2. The lowest BCUT2D eigenvalue weighted by atomic mass is 10.5. The summed E-state index contributed by atoms with van der Waals surface area (Å²) in [5.74, 6) is 0.649. The van der Waals surface area contributed by atoms with Gasteiger partial charge in [-0.2, -0.15) is 0 Å². The quantitative estimate of drug-likeness (QED) is 0.851. The Balaban J connectivity index is 2.24. The maximum atomic E-state index is 4.39. The fourth-order valence-corrected chi connectivity index (χ4v) is 3.02. The third kappa shape index (κ3) is 2.70. The molecule has 0 atom stereocenters. The van der Waals surface area contributed by atoms with E-state index in [1.807, 2.05) is 32.3 Å². The molecule has 0 spiro atoms. The van der Waals surface area contributed by atoms with Gasteiger partial charge in [-0.05, 0) is 31.7 Å². The maximum Gasteiger partial charge on any atom is 0.223 e. The van der Waals surface area contributed by atoms with Crippen molar-refractivity contribution in [1.82, 2.24) is 15.0 Å². The van der Waals surface area contributed by atoms with Crippen molar-refractivity contribution in [3.8, 4) is 0 Å². The summed E-state index contributed by atoms with van der Waals surface area (Å²) in [5.41, 5.74) is 2.00. The molecule has 84 valence electrons. The van der Waals surface area contributed by atoms with Crippen LogP contribution in [0.3, 0.4) is 0 Å². The zero-order chi connectivity index (χ0) is 11.5. The summed E-state index contributed by atoms with van der Waals surface area (Å²) in [6.07, 6.45) is 0. The largest absolute Gasteiger partial charge is 0.357 e. The van der Waals surface area contributed by atoms with Crippen LogP contribution in [0.5, 0.6) is 0 Å². The smallest absolute Gasteiger partial charge is 0.223 e. The van der Waals surface area contributed by atoms with E-state index in [4.69, 9.17) is 0 Å². The van der Waals surface area contributed by atoms with E-state index in [0.717, 1.165) is 20.8 Å². The first kappa shape index (κ1) is 11.3. The maximum absolute atomic E-state index is 4.39. The van der Waals surface area contributed by atoms with Crippen LogP contribution in [0.2, 0.25) is 0 Å². The van der Waals surface area contributed by atoms with Crippen molar-refractivity contribution in [2.45, 2.75) is 23.2 Å². The second-order valence-electron chi connectivity index (χ2n) is 3.28. The van der Waals surface area contributed by atoms with Gasteiger partial charge in [-0.15, -0.1) is 11.3 Å². The van der Waals surface area contributed by atoms with Gasteiger partial charge in [0.1, 0.15) is 5.03 Å². The van der Waals surface area contributed by atoms with Gasteiger partial charge >= 0.3 is 0 Å². The van der Waals surface area contributed by atoms with Gasteiger partial charge < -0.3 is 5.32 Å². The number of aromatic nitrogens is 3. The van der Waals surface area contributed by atoms with Crippen LogP contribution in [0.15, 0.2) is 20.8 Å². The minimum Gasteiger partial charge on any atom is -0.357 e. The molecule has 16 heavy (non-hydrogen) atoms. The average Bonchev–Trinajstić information content (AvgIpc) is 2.63. The van der Waals surface area contributed by atoms with Crippen molar-refractivity contribution >= 4 is 29.0 Å². The minimum absolute atomic E-state index is 0.649. The molecule has 0 aromatic carbocycles. The number of aryl methyl sites for hydroxylation is 2. The van der Waals surface area contributed by atoms with E-state index in [2.05, 4.69) is 20.3 Å². The highest BCUT2D eigenvalue weighted by Gasteiger charge is 2.05. The van der Waals surface area contributed by atoms with E-state index in [-0.39, 0.29) is 0 Å². The van der Waals surface area contributed by atoms with E-state index in [1.165, 1.54) is 0 Å². The summed E-state index contributed by atoms with van der Waals surface area (Å²) in [6.45, 7) is 3.95. The molecule has 0 amide bonds. The Morgan fingerprint density at radius 2 is 2.00 bits per heavy atom. The lowest BCUT2D eigenvalue weighted by molar-refractivity contribution is 1.01. The Morgan fingerprint density at radius 3 is 2.62 bits per heavy atom. The van der Waals surface area contributed by atoms with E-state index in [1.54, 1.807) is 23.1 Å². The number of rotatable bonds is 3. The molecule has 1 N–H and O–H groups in total. The number of hydrogen-bond acceptors (Lipinski definition) is 6. The summed E-state index contributed by atoms with van der Waals surface area (Å²) in [4.78, 5) is 13.0. The van der Waals surface area contributed by atoms with E-state index < -0.39 is 0 Å². The average molecular weight is 252 g/mol. The zero-order valence-electron chi connectivity index (χ0n) is 9.31. The third-order valence-electron chi connectivity index (χ3n) is 1.84. The van der Waals surface area contributed by atoms with Crippen molar-refractivity contribution in [2.75, 3.05) is 12.4 Å². The van der Waals surface area contributed by atoms with Crippen LogP contribution in [0.25, 0.3) is 0 Å². The second kappa shape index (κ2) is 4.80. The van der Waals surface area contributed by atoms with Gasteiger partial charge in [-0.25, -0.2) is 15.0 Å². The third-order valence-corrected chi connectivity index (χ3v) is 3.82. The first-order valence-corrected chi connectivity index (χ1v) is 6.50. The van der Waals surface area contributed by atoms with Gasteiger partial charge in [0.15, 0.2) is 4.34 Å². The summed E-state index contributed by atoms with van der Waals surface area (Å²) in [7, 11) is 1.82. The first-order valence-electron chi connectivity index (χ1n) is 4.81. The van der Waals surface area contributed by atoms with Gasteiger partial charge in [-0.3, -0.25) is 0 Å².